The van der Waals surface area contributed by atoms with Crippen LogP contribution in [0.2, 0.25) is 0 Å². The zero-order chi connectivity index (χ0) is 30.1. The number of para-hydroxylation sites is 1. The minimum Gasteiger partial charge on any atom is -0.481 e. The molecular formula is C25H31ClN8O7. The number of halogens is 1. The number of aliphatic carboxylic acids is 1. The highest BCUT2D eigenvalue weighted by molar-refractivity contribution is 6.28. The molecule has 2 aromatic rings. The Balaban J connectivity index is 1.79. The third-order valence-corrected chi connectivity index (χ3v) is 7.11. The largest absolute Gasteiger partial charge is 0.481 e. The van der Waals surface area contributed by atoms with Crippen molar-refractivity contribution < 1.29 is 33.9 Å². The number of fused-ring (bicyclic) bond motifs is 1. The number of tetrazole rings is 1. The van der Waals surface area contributed by atoms with E-state index in [1.54, 1.807) is 31.2 Å². The lowest BCUT2D eigenvalue weighted by atomic mass is 9.98. The summed E-state index contributed by atoms with van der Waals surface area (Å²) in [5.74, 6) is -4.41. The van der Waals surface area contributed by atoms with Crippen molar-refractivity contribution >= 4 is 53.2 Å². The number of nitrogens with zero attached hydrogens (tertiary/aromatic N) is 5. The molecule has 41 heavy (non-hydrogen) atoms. The van der Waals surface area contributed by atoms with Crippen molar-refractivity contribution in [2.75, 3.05) is 17.3 Å². The maximum absolute atomic E-state index is 13.6. The van der Waals surface area contributed by atoms with E-state index >= 15 is 0 Å². The number of aromatic amines is 1. The molecule has 1 aliphatic heterocycles. The lowest BCUT2D eigenvalue weighted by Crippen LogP contribution is -2.58. The van der Waals surface area contributed by atoms with Gasteiger partial charge in [0.25, 0.3) is 0 Å². The summed E-state index contributed by atoms with van der Waals surface area (Å²) in [7, 11) is 0. The first-order valence-corrected chi connectivity index (χ1v) is 13.4. The zero-order valence-electron chi connectivity index (χ0n) is 22.4. The number of nitrogens with one attached hydrogen (secondary N) is 3. The molecule has 2 unspecified atom stereocenters. The van der Waals surface area contributed by atoms with Gasteiger partial charge in [0, 0.05) is 12.1 Å². The minimum atomic E-state index is -1.41. The van der Waals surface area contributed by atoms with Gasteiger partial charge in [0.15, 0.2) is 11.6 Å². The molecule has 1 aromatic carbocycles. The van der Waals surface area contributed by atoms with Gasteiger partial charge in [0.1, 0.15) is 18.2 Å². The van der Waals surface area contributed by atoms with Crippen LogP contribution in [0.25, 0.3) is 0 Å². The quantitative estimate of drug-likeness (QED) is 0.153. The second kappa shape index (κ2) is 14.3. The van der Waals surface area contributed by atoms with E-state index in [0.717, 1.165) is 4.90 Å². The molecule has 0 fully saturated rings. The number of anilines is 1. The van der Waals surface area contributed by atoms with Crippen LogP contribution in [-0.2, 0) is 41.6 Å². The Hall–Kier alpha value is -4.40. The molecule has 220 valence electrons. The smallest absolute Gasteiger partial charge is 0.305 e. The lowest BCUT2D eigenvalue weighted by molar-refractivity contribution is -0.143. The Bertz CT molecular complexity index is 1270. The van der Waals surface area contributed by atoms with Gasteiger partial charge in [-0.15, -0.1) is 21.8 Å². The number of carboxylic acid groups (broad SMARTS) is 1. The monoisotopic (exact) mass is 590 g/mol. The second-order valence-corrected chi connectivity index (χ2v) is 9.76. The number of carbonyl (C=O) groups is 6. The molecule has 4 N–H and O–H groups in total. The van der Waals surface area contributed by atoms with Crippen LogP contribution in [0.3, 0.4) is 0 Å². The number of aromatic nitrogens is 4. The lowest BCUT2D eigenvalue weighted by Gasteiger charge is -2.37. The van der Waals surface area contributed by atoms with E-state index in [0.29, 0.717) is 24.1 Å². The average molecular weight is 591 g/mol. The normalized spacial score (nSPS) is 16.2. The maximum atomic E-state index is 13.6. The summed E-state index contributed by atoms with van der Waals surface area (Å²) in [5.41, 5.74) is 1.13. The van der Waals surface area contributed by atoms with Gasteiger partial charge in [-0.1, -0.05) is 43.7 Å². The SMILES string of the molecule is CC[C@H](C)[C@H](NC(=O)Cc1nn[nH]n1)C(=O)NCC(=O)N1c2ccccc2CC1N(C=O)C(CC(=O)O)C(=O)CCl. The highest BCUT2D eigenvalue weighted by Gasteiger charge is 2.42. The summed E-state index contributed by atoms with van der Waals surface area (Å²) in [6.07, 6.45) is -0.943. The molecule has 0 radical (unpaired) electrons. The highest BCUT2D eigenvalue weighted by atomic mass is 35.5. The molecule has 1 aliphatic rings. The van der Waals surface area contributed by atoms with Crippen LogP contribution in [0.5, 0.6) is 0 Å². The molecule has 15 nitrogen and oxygen atoms in total. The van der Waals surface area contributed by atoms with Crippen molar-refractivity contribution in [3.05, 3.63) is 35.7 Å². The zero-order valence-corrected chi connectivity index (χ0v) is 23.2. The van der Waals surface area contributed by atoms with Crippen molar-refractivity contribution in [2.45, 2.75) is 57.8 Å². The number of hydrogen-bond acceptors (Lipinski definition) is 9. The van der Waals surface area contributed by atoms with Crippen molar-refractivity contribution in [1.82, 2.24) is 36.2 Å². The number of carbonyl (C=O) groups excluding carboxylic acids is 5. The van der Waals surface area contributed by atoms with E-state index in [2.05, 4.69) is 31.3 Å². The summed E-state index contributed by atoms with van der Waals surface area (Å²) in [5, 5.41) is 27.6. The third kappa shape index (κ3) is 7.63. The summed E-state index contributed by atoms with van der Waals surface area (Å²) < 4.78 is 0. The van der Waals surface area contributed by atoms with E-state index < -0.39 is 66.6 Å². The Morgan fingerprint density at radius 2 is 2.00 bits per heavy atom. The van der Waals surface area contributed by atoms with Gasteiger partial charge in [-0.05, 0) is 17.5 Å². The van der Waals surface area contributed by atoms with Gasteiger partial charge < -0.3 is 20.6 Å². The van der Waals surface area contributed by atoms with Crippen LogP contribution in [-0.4, -0.2) is 97.2 Å². The molecule has 0 saturated heterocycles. The van der Waals surface area contributed by atoms with E-state index in [4.69, 9.17) is 11.6 Å². The van der Waals surface area contributed by atoms with Gasteiger partial charge in [-0.3, -0.25) is 33.7 Å². The van der Waals surface area contributed by atoms with Crippen LogP contribution < -0.4 is 15.5 Å². The first-order valence-electron chi connectivity index (χ1n) is 12.8. The molecule has 16 heteroatoms. The third-order valence-electron chi connectivity index (χ3n) is 6.85. The van der Waals surface area contributed by atoms with Gasteiger partial charge in [0.2, 0.25) is 24.1 Å². The van der Waals surface area contributed by atoms with Crippen molar-refractivity contribution in [1.29, 1.82) is 0 Å². The standard InChI is InChI=1S/C25H31ClN8O7/c1-3-14(2)24(28-20(37)10-19-29-31-32-30-19)25(41)27-12-22(38)34-16-7-5-4-6-15(16)8-21(34)33(13-35)17(9-23(39)40)18(36)11-26/h4-7,13-14,17,21,24H,3,8-12H2,1-2H3,(H,27,41)(H,28,37)(H,39,40)(H,29,30,31,32)/t14-,17?,21?,24-/m0/s1. The topological polar surface area (TPSA) is 208 Å². The van der Waals surface area contributed by atoms with Gasteiger partial charge in [-0.25, -0.2) is 0 Å². The van der Waals surface area contributed by atoms with E-state index in [1.165, 1.54) is 4.90 Å². The number of ketones is 1. The summed E-state index contributed by atoms with van der Waals surface area (Å²) in [4.78, 5) is 77.6. The fourth-order valence-electron chi connectivity index (χ4n) is 4.58. The van der Waals surface area contributed by atoms with Gasteiger partial charge >= 0.3 is 5.97 Å². The Kier molecular flexibility index (Phi) is 10.9. The van der Waals surface area contributed by atoms with Crippen LogP contribution in [0.15, 0.2) is 24.3 Å². The number of Topliss-reactive ketones (excluding diaryl/α,β-unsaturated/α-hetero) is 1. The Morgan fingerprint density at radius 3 is 2.61 bits per heavy atom. The number of benzene rings is 1. The Labute approximate surface area is 240 Å². The van der Waals surface area contributed by atoms with Gasteiger partial charge in [-0.2, -0.15) is 5.21 Å². The van der Waals surface area contributed by atoms with E-state index in [9.17, 15) is 33.9 Å². The number of alkyl halides is 1. The predicted molar refractivity (Wildman–Crippen MR) is 143 cm³/mol. The molecule has 1 aromatic heterocycles. The number of rotatable bonds is 15. The summed E-state index contributed by atoms with van der Waals surface area (Å²) >= 11 is 5.70. The van der Waals surface area contributed by atoms with E-state index in [-0.39, 0.29) is 24.6 Å². The maximum Gasteiger partial charge on any atom is 0.305 e. The molecule has 0 aliphatic carbocycles. The molecule has 4 atom stereocenters. The minimum absolute atomic E-state index is 0.127. The molecule has 0 spiro atoms. The average Bonchev–Trinajstić information content (AvgIpc) is 3.61. The fraction of sp³-hybridized carbons (Fsp3) is 0.480. The van der Waals surface area contributed by atoms with Crippen LogP contribution >= 0.6 is 11.6 Å². The Morgan fingerprint density at radius 1 is 1.27 bits per heavy atom. The fourth-order valence-corrected chi connectivity index (χ4v) is 4.76. The molecule has 3 rings (SSSR count). The predicted octanol–water partition coefficient (Wildman–Crippen LogP) is -0.586. The van der Waals surface area contributed by atoms with Crippen LogP contribution in [0.1, 0.15) is 38.1 Å². The summed E-state index contributed by atoms with van der Waals surface area (Å²) in [6.45, 7) is 3.11. The highest BCUT2D eigenvalue weighted by Crippen LogP contribution is 2.34. The molecular weight excluding hydrogens is 560 g/mol. The summed E-state index contributed by atoms with van der Waals surface area (Å²) in [6, 6.07) is 4.43. The van der Waals surface area contributed by atoms with Crippen LogP contribution in [0.4, 0.5) is 5.69 Å². The van der Waals surface area contributed by atoms with Crippen molar-refractivity contribution in [3.63, 3.8) is 0 Å². The second-order valence-electron chi connectivity index (χ2n) is 9.50. The van der Waals surface area contributed by atoms with E-state index in [1.807, 2.05) is 6.92 Å². The molecule has 0 saturated carbocycles. The van der Waals surface area contributed by atoms with Crippen LogP contribution in [0, 0.1) is 5.92 Å². The number of H-pyrrole nitrogens is 1. The van der Waals surface area contributed by atoms with Crippen molar-refractivity contribution in [3.8, 4) is 0 Å². The molecule has 2 heterocycles. The number of carboxylic acids is 1. The molecule has 4 amide bonds. The first kappa shape index (κ1) is 31.1. The van der Waals surface area contributed by atoms with Gasteiger partial charge in [0.05, 0.1) is 25.3 Å². The first-order chi connectivity index (χ1) is 19.6. The number of hydrogen-bond donors (Lipinski definition) is 4. The number of amides is 4. The van der Waals surface area contributed by atoms with Crippen molar-refractivity contribution in [2.24, 2.45) is 5.92 Å². The molecule has 0 bridgehead atoms.